The zero-order valence-corrected chi connectivity index (χ0v) is 12.7. The predicted molar refractivity (Wildman–Crippen MR) is 81.3 cm³/mol. The molecule has 0 saturated carbocycles. The van der Waals surface area contributed by atoms with E-state index in [2.05, 4.69) is 21.2 Å². The van der Waals surface area contributed by atoms with Gasteiger partial charge < -0.3 is 10.1 Å². The van der Waals surface area contributed by atoms with E-state index in [4.69, 9.17) is 4.74 Å². The molecule has 22 heavy (non-hydrogen) atoms. The summed E-state index contributed by atoms with van der Waals surface area (Å²) in [7, 11) is 0. The number of nitrogens with one attached hydrogen (secondary N) is 1. The van der Waals surface area contributed by atoms with Crippen molar-refractivity contribution < 1.29 is 18.8 Å². The van der Waals surface area contributed by atoms with E-state index in [-0.39, 0.29) is 18.0 Å². The Balaban J connectivity index is 2.00. The van der Waals surface area contributed by atoms with Gasteiger partial charge in [0, 0.05) is 6.07 Å². The van der Waals surface area contributed by atoms with Gasteiger partial charge in [-0.25, -0.2) is 4.39 Å². The summed E-state index contributed by atoms with van der Waals surface area (Å²) in [5, 5.41) is 13.2. The molecule has 0 heterocycles. The highest BCUT2D eigenvalue weighted by Gasteiger charge is 2.15. The van der Waals surface area contributed by atoms with Gasteiger partial charge in [0.2, 0.25) is 0 Å². The van der Waals surface area contributed by atoms with Crippen molar-refractivity contribution in [3.05, 3.63) is 62.9 Å². The van der Waals surface area contributed by atoms with Crippen LogP contribution in [0.5, 0.6) is 5.75 Å². The van der Waals surface area contributed by atoms with Crippen molar-refractivity contribution in [2.24, 2.45) is 0 Å². The van der Waals surface area contributed by atoms with E-state index in [1.54, 1.807) is 6.07 Å². The fourth-order valence-corrected chi connectivity index (χ4v) is 2.13. The summed E-state index contributed by atoms with van der Waals surface area (Å²) in [5.41, 5.74) is -0.127. The van der Waals surface area contributed by atoms with Gasteiger partial charge in [-0.1, -0.05) is 12.1 Å². The van der Waals surface area contributed by atoms with Gasteiger partial charge in [0.05, 0.1) is 9.40 Å². The zero-order chi connectivity index (χ0) is 16.1. The van der Waals surface area contributed by atoms with Crippen molar-refractivity contribution in [3.63, 3.8) is 0 Å². The van der Waals surface area contributed by atoms with Gasteiger partial charge in [-0.2, -0.15) is 0 Å². The number of nitrogens with zero attached hydrogens (tertiary/aromatic N) is 1. The van der Waals surface area contributed by atoms with Gasteiger partial charge in [0.25, 0.3) is 11.6 Å². The smallest absolute Gasteiger partial charge is 0.292 e. The second-order valence-corrected chi connectivity index (χ2v) is 5.04. The minimum atomic E-state index is -0.590. The topological polar surface area (TPSA) is 81.5 Å². The van der Waals surface area contributed by atoms with E-state index in [1.807, 2.05) is 0 Å². The maximum Gasteiger partial charge on any atom is 0.292 e. The molecule has 2 aromatic rings. The molecule has 0 aromatic heterocycles. The first-order valence-corrected chi connectivity index (χ1v) is 6.88. The second-order valence-electron chi connectivity index (χ2n) is 4.19. The lowest BCUT2D eigenvalue weighted by Crippen LogP contribution is -2.20. The molecular weight excluding hydrogens is 359 g/mol. The molecule has 0 atom stereocenters. The number of hydrogen-bond acceptors (Lipinski definition) is 4. The normalized spacial score (nSPS) is 10.1. The van der Waals surface area contributed by atoms with Crippen LogP contribution in [-0.2, 0) is 4.79 Å². The van der Waals surface area contributed by atoms with Crippen LogP contribution in [0.4, 0.5) is 15.8 Å². The van der Waals surface area contributed by atoms with Gasteiger partial charge in [0.1, 0.15) is 17.3 Å². The maximum absolute atomic E-state index is 12.9. The van der Waals surface area contributed by atoms with Gasteiger partial charge in [0.15, 0.2) is 6.61 Å². The monoisotopic (exact) mass is 368 g/mol. The van der Waals surface area contributed by atoms with Crippen LogP contribution in [0.2, 0.25) is 0 Å². The standard InChI is InChI=1S/C14H10BrFN2O4/c15-10-7-9(16)5-6-13(10)22-8-14(19)17-11-3-1-2-4-12(11)18(20)21/h1-7H,8H2,(H,17,19). The molecule has 8 heteroatoms. The van der Waals surface area contributed by atoms with Crippen LogP contribution in [-0.4, -0.2) is 17.4 Å². The van der Waals surface area contributed by atoms with Crippen molar-refractivity contribution in [2.75, 3.05) is 11.9 Å². The Morgan fingerprint density at radius 2 is 2.05 bits per heavy atom. The molecule has 0 radical (unpaired) electrons. The number of benzene rings is 2. The van der Waals surface area contributed by atoms with Gasteiger partial charge in [-0.3, -0.25) is 14.9 Å². The van der Waals surface area contributed by atoms with Crippen LogP contribution in [0.3, 0.4) is 0 Å². The summed E-state index contributed by atoms with van der Waals surface area (Å²) in [6.07, 6.45) is 0. The molecular formula is C14H10BrFN2O4. The fourth-order valence-electron chi connectivity index (χ4n) is 1.66. The zero-order valence-electron chi connectivity index (χ0n) is 11.1. The molecule has 0 aliphatic rings. The van der Waals surface area contributed by atoms with Crippen molar-refractivity contribution in [2.45, 2.75) is 0 Å². The lowest BCUT2D eigenvalue weighted by Gasteiger charge is -2.09. The minimum Gasteiger partial charge on any atom is -0.483 e. The number of nitro benzene ring substituents is 1. The number of amides is 1. The van der Waals surface area contributed by atoms with E-state index >= 15 is 0 Å². The number of nitro groups is 1. The third-order valence-electron chi connectivity index (χ3n) is 2.63. The molecule has 1 amide bonds. The number of hydrogen-bond donors (Lipinski definition) is 1. The Bertz CT molecular complexity index is 724. The van der Waals surface area contributed by atoms with Crippen molar-refractivity contribution in [3.8, 4) is 5.75 Å². The van der Waals surface area contributed by atoms with Crippen molar-refractivity contribution in [1.82, 2.24) is 0 Å². The van der Waals surface area contributed by atoms with Gasteiger partial charge >= 0.3 is 0 Å². The highest BCUT2D eigenvalue weighted by Crippen LogP contribution is 2.26. The highest BCUT2D eigenvalue weighted by molar-refractivity contribution is 9.10. The summed E-state index contributed by atoms with van der Waals surface area (Å²) in [5.74, 6) is -0.715. The third kappa shape index (κ3) is 4.01. The molecule has 0 saturated heterocycles. The Labute approximate surface area is 133 Å². The second kappa shape index (κ2) is 6.99. The van der Waals surface area contributed by atoms with Crippen LogP contribution in [0.15, 0.2) is 46.9 Å². The average molecular weight is 369 g/mol. The van der Waals surface area contributed by atoms with Crippen molar-refractivity contribution >= 4 is 33.2 Å². The number of rotatable bonds is 5. The van der Waals surface area contributed by atoms with E-state index < -0.39 is 16.6 Å². The molecule has 1 N–H and O–H groups in total. The molecule has 2 rings (SSSR count). The van der Waals surface area contributed by atoms with Crippen molar-refractivity contribution in [1.29, 1.82) is 0 Å². The number of halogens is 2. The first kappa shape index (κ1) is 15.9. The summed E-state index contributed by atoms with van der Waals surface area (Å²) < 4.78 is 18.5. The summed E-state index contributed by atoms with van der Waals surface area (Å²) in [4.78, 5) is 22.0. The molecule has 0 aliphatic carbocycles. The van der Waals surface area contributed by atoms with Crippen LogP contribution in [0.25, 0.3) is 0 Å². The van der Waals surface area contributed by atoms with E-state index in [1.165, 1.54) is 36.4 Å². The molecule has 114 valence electrons. The first-order valence-electron chi connectivity index (χ1n) is 6.08. The quantitative estimate of drug-likeness (QED) is 0.646. The fraction of sp³-hybridized carbons (Fsp3) is 0.0714. The predicted octanol–water partition coefficient (Wildman–Crippen LogP) is 3.51. The molecule has 0 aliphatic heterocycles. The molecule has 0 spiro atoms. The van der Waals surface area contributed by atoms with Gasteiger partial charge in [-0.15, -0.1) is 0 Å². The van der Waals surface area contributed by atoms with Gasteiger partial charge in [-0.05, 0) is 40.2 Å². The third-order valence-corrected chi connectivity index (χ3v) is 3.25. The molecule has 2 aromatic carbocycles. The summed E-state index contributed by atoms with van der Waals surface area (Å²) in [6, 6.07) is 9.55. The molecule has 0 fully saturated rings. The van der Waals surface area contributed by atoms with Crippen LogP contribution >= 0.6 is 15.9 Å². The summed E-state index contributed by atoms with van der Waals surface area (Å²) >= 11 is 3.11. The highest BCUT2D eigenvalue weighted by atomic mass is 79.9. The molecule has 6 nitrogen and oxygen atoms in total. The lowest BCUT2D eigenvalue weighted by atomic mass is 10.2. The minimum absolute atomic E-state index is 0.0827. The van der Waals surface area contributed by atoms with Crippen LogP contribution in [0.1, 0.15) is 0 Å². The van der Waals surface area contributed by atoms with E-state index in [0.29, 0.717) is 10.2 Å². The van der Waals surface area contributed by atoms with Crippen LogP contribution < -0.4 is 10.1 Å². The first-order chi connectivity index (χ1) is 10.5. The molecule has 0 unspecified atom stereocenters. The number of carbonyl (C=O) groups excluding carboxylic acids is 1. The number of carbonyl (C=O) groups is 1. The number of ether oxygens (including phenoxy) is 1. The summed E-state index contributed by atoms with van der Waals surface area (Å²) in [6.45, 7) is -0.365. The Kier molecular flexibility index (Phi) is 5.05. The SMILES string of the molecule is O=C(COc1ccc(F)cc1Br)Nc1ccccc1[N+](=O)[O-]. The Morgan fingerprint density at radius 3 is 2.73 bits per heavy atom. The molecule has 0 bridgehead atoms. The average Bonchev–Trinajstić information content (AvgIpc) is 2.46. The maximum atomic E-state index is 12.9. The van der Waals surface area contributed by atoms with Crippen LogP contribution in [0, 0.1) is 15.9 Å². The Morgan fingerprint density at radius 1 is 1.32 bits per heavy atom. The lowest BCUT2D eigenvalue weighted by molar-refractivity contribution is -0.383. The van der Waals surface area contributed by atoms with E-state index in [0.717, 1.165) is 0 Å². The largest absolute Gasteiger partial charge is 0.483 e. The Hall–Kier alpha value is -2.48. The van der Waals surface area contributed by atoms with E-state index in [9.17, 15) is 19.3 Å². The number of anilines is 1. The number of para-hydroxylation sites is 2.